The van der Waals surface area contributed by atoms with Crippen molar-refractivity contribution in [1.82, 2.24) is 0 Å². The van der Waals surface area contributed by atoms with Crippen molar-refractivity contribution < 1.29 is 19.8 Å². The predicted octanol–water partition coefficient (Wildman–Crippen LogP) is 0.548. The second-order valence-electron chi connectivity index (χ2n) is 6.69. The molecule has 4 rings (SSSR count). The van der Waals surface area contributed by atoms with Crippen molar-refractivity contribution in [2.24, 2.45) is 29.1 Å². The smallest absolute Gasteiger partial charge is 0.177 e. The summed E-state index contributed by atoms with van der Waals surface area (Å²) in [6.07, 6.45) is 0.683. The molecule has 0 aromatic rings. The third kappa shape index (κ3) is 1.05. The summed E-state index contributed by atoms with van der Waals surface area (Å²) in [5.41, 5.74) is -2.58. The Morgan fingerprint density at radius 1 is 1.22 bits per heavy atom. The van der Waals surface area contributed by atoms with E-state index in [1.165, 1.54) is 6.92 Å². The Labute approximate surface area is 106 Å². The van der Waals surface area contributed by atoms with Crippen molar-refractivity contribution in [2.75, 3.05) is 0 Å². The number of carbonyl (C=O) groups excluding carboxylic acids is 2. The number of fused-ring (bicyclic) bond motifs is 1. The molecule has 100 valence electrons. The molecule has 4 saturated carbocycles. The summed E-state index contributed by atoms with van der Waals surface area (Å²) in [6, 6.07) is 0. The van der Waals surface area contributed by atoms with Crippen LogP contribution in [-0.2, 0) is 9.59 Å². The molecule has 4 fully saturated rings. The SMILES string of the molecule is C[C@H]1[C@H]2CC[C@@H](O)[C@H]3C(=O)[C@]1(C)C(=O)[C@@](C)(O)[C@@H]23. The predicted molar refractivity (Wildman–Crippen MR) is 63.6 cm³/mol. The van der Waals surface area contributed by atoms with Crippen molar-refractivity contribution in [3.05, 3.63) is 0 Å². The third-order valence-electron chi connectivity index (χ3n) is 6.01. The van der Waals surface area contributed by atoms with E-state index in [9.17, 15) is 19.8 Å². The largest absolute Gasteiger partial charge is 0.392 e. The van der Waals surface area contributed by atoms with Crippen molar-refractivity contribution in [1.29, 1.82) is 0 Å². The van der Waals surface area contributed by atoms with Gasteiger partial charge < -0.3 is 10.2 Å². The fourth-order valence-corrected chi connectivity index (χ4v) is 4.89. The number of aliphatic hydroxyl groups excluding tert-OH is 1. The van der Waals surface area contributed by atoms with Crippen LogP contribution in [0.1, 0.15) is 33.6 Å². The van der Waals surface area contributed by atoms with Gasteiger partial charge in [-0.05, 0) is 38.5 Å². The average molecular weight is 252 g/mol. The first-order valence-corrected chi connectivity index (χ1v) is 6.73. The van der Waals surface area contributed by atoms with Gasteiger partial charge in [0.2, 0.25) is 0 Å². The van der Waals surface area contributed by atoms with E-state index in [0.29, 0.717) is 6.42 Å². The molecule has 18 heavy (non-hydrogen) atoms. The lowest BCUT2D eigenvalue weighted by Gasteiger charge is -2.63. The Balaban J connectivity index is 2.22. The summed E-state index contributed by atoms with van der Waals surface area (Å²) >= 11 is 0. The molecule has 4 nitrogen and oxygen atoms in total. The van der Waals surface area contributed by atoms with Gasteiger partial charge in [-0.25, -0.2) is 0 Å². The molecule has 0 radical (unpaired) electrons. The minimum absolute atomic E-state index is 0.0357. The van der Waals surface area contributed by atoms with Gasteiger partial charge in [0.15, 0.2) is 11.6 Å². The Hall–Kier alpha value is -0.740. The minimum Gasteiger partial charge on any atom is -0.392 e. The lowest BCUT2D eigenvalue weighted by atomic mass is 9.39. The molecule has 0 heterocycles. The summed E-state index contributed by atoms with van der Waals surface area (Å²) in [4.78, 5) is 25.0. The van der Waals surface area contributed by atoms with E-state index in [1.807, 2.05) is 6.92 Å². The highest BCUT2D eigenvalue weighted by molar-refractivity contribution is 6.15. The highest BCUT2D eigenvalue weighted by Crippen LogP contribution is 2.62. The molecule has 4 aliphatic carbocycles. The van der Waals surface area contributed by atoms with E-state index in [0.717, 1.165) is 6.42 Å². The fraction of sp³-hybridized carbons (Fsp3) is 0.857. The summed E-state index contributed by atoms with van der Waals surface area (Å²) in [5.74, 6) is -1.34. The van der Waals surface area contributed by atoms with Crippen molar-refractivity contribution in [3.63, 3.8) is 0 Å². The van der Waals surface area contributed by atoms with E-state index < -0.39 is 29.0 Å². The molecular formula is C14H20O4. The molecule has 0 unspecified atom stereocenters. The van der Waals surface area contributed by atoms with Gasteiger partial charge in [0.05, 0.1) is 17.4 Å². The average Bonchev–Trinajstić information content (AvgIpc) is 2.31. The van der Waals surface area contributed by atoms with Crippen LogP contribution < -0.4 is 0 Å². The quantitative estimate of drug-likeness (QED) is 0.617. The molecule has 0 spiro atoms. The zero-order valence-electron chi connectivity index (χ0n) is 11.0. The molecular weight excluding hydrogens is 232 g/mol. The number of ketones is 2. The molecule has 2 N–H and O–H groups in total. The minimum atomic E-state index is -1.47. The molecule has 4 aliphatic rings. The van der Waals surface area contributed by atoms with Crippen LogP contribution in [0, 0.1) is 29.1 Å². The van der Waals surface area contributed by atoms with Gasteiger partial charge >= 0.3 is 0 Å². The Morgan fingerprint density at radius 3 is 2.44 bits per heavy atom. The third-order valence-corrected chi connectivity index (χ3v) is 6.01. The second-order valence-corrected chi connectivity index (χ2v) is 6.69. The van der Waals surface area contributed by atoms with Crippen LogP contribution in [0.3, 0.4) is 0 Å². The van der Waals surface area contributed by atoms with Crippen molar-refractivity contribution in [3.8, 4) is 0 Å². The topological polar surface area (TPSA) is 74.6 Å². The van der Waals surface area contributed by atoms with Crippen LogP contribution in [0.4, 0.5) is 0 Å². The molecule has 0 saturated heterocycles. The second kappa shape index (κ2) is 3.23. The van der Waals surface area contributed by atoms with Gasteiger partial charge in [0, 0.05) is 5.92 Å². The Bertz CT molecular complexity index is 441. The maximum Gasteiger partial charge on any atom is 0.177 e. The zero-order chi connectivity index (χ0) is 13.5. The van der Waals surface area contributed by atoms with Crippen LogP contribution >= 0.6 is 0 Å². The highest BCUT2D eigenvalue weighted by atomic mass is 16.3. The first-order valence-electron chi connectivity index (χ1n) is 6.73. The Kier molecular flexibility index (Phi) is 2.20. The summed E-state index contributed by atoms with van der Waals surface area (Å²) in [6.45, 7) is 5.12. The van der Waals surface area contributed by atoms with E-state index in [-0.39, 0.29) is 23.4 Å². The maximum absolute atomic E-state index is 12.5. The number of hydrogen-bond donors (Lipinski definition) is 2. The first-order chi connectivity index (χ1) is 8.24. The molecule has 0 aromatic carbocycles. The van der Waals surface area contributed by atoms with Crippen LogP contribution in [0.2, 0.25) is 0 Å². The maximum atomic E-state index is 12.5. The van der Waals surface area contributed by atoms with E-state index in [2.05, 4.69) is 0 Å². The lowest BCUT2D eigenvalue weighted by molar-refractivity contribution is -0.216. The van der Waals surface area contributed by atoms with Gasteiger partial charge in [-0.1, -0.05) is 6.92 Å². The lowest BCUT2D eigenvalue weighted by Crippen LogP contribution is -2.75. The van der Waals surface area contributed by atoms with Crippen molar-refractivity contribution in [2.45, 2.75) is 45.3 Å². The summed E-state index contributed by atoms with van der Waals surface area (Å²) in [7, 11) is 0. The van der Waals surface area contributed by atoms with Gasteiger partial charge in [-0.2, -0.15) is 0 Å². The number of aliphatic hydroxyl groups is 2. The van der Waals surface area contributed by atoms with E-state index >= 15 is 0 Å². The highest BCUT2D eigenvalue weighted by Gasteiger charge is 2.73. The fourth-order valence-electron chi connectivity index (χ4n) is 4.89. The van der Waals surface area contributed by atoms with Crippen LogP contribution in [-0.4, -0.2) is 33.5 Å². The number of Topliss-reactive ketones (excluding diaryl/α,β-unsaturated/α-hetero) is 2. The van der Waals surface area contributed by atoms with Gasteiger partial charge in [0.1, 0.15) is 5.60 Å². The zero-order valence-corrected chi connectivity index (χ0v) is 11.0. The van der Waals surface area contributed by atoms with E-state index in [4.69, 9.17) is 0 Å². The monoisotopic (exact) mass is 252 g/mol. The molecule has 7 atom stereocenters. The molecule has 4 heteroatoms. The summed E-state index contributed by atoms with van der Waals surface area (Å²) < 4.78 is 0. The molecule has 0 aromatic heterocycles. The van der Waals surface area contributed by atoms with Crippen LogP contribution in [0.5, 0.6) is 0 Å². The van der Waals surface area contributed by atoms with Gasteiger partial charge in [-0.15, -0.1) is 0 Å². The number of hydrogen-bond acceptors (Lipinski definition) is 4. The number of rotatable bonds is 0. The molecule has 0 aliphatic heterocycles. The van der Waals surface area contributed by atoms with E-state index in [1.54, 1.807) is 6.92 Å². The van der Waals surface area contributed by atoms with Gasteiger partial charge in [-0.3, -0.25) is 9.59 Å². The standard InChI is InChI=1S/C14H20O4/c1-6-7-4-5-8(15)9-10(7)14(3,18)12(17)13(6,2)11(9)16/h6-10,15,18H,4-5H2,1-3H3/t6-,7+,8+,9+,10-,13+,14-/m0/s1. The Morgan fingerprint density at radius 2 is 1.83 bits per heavy atom. The van der Waals surface area contributed by atoms with Crippen molar-refractivity contribution >= 4 is 11.6 Å². The number of carbonyl (C=O) groups is 2. The summed E-state index contributed by atoms with van der Waals surface area (Å²) in [5, 5.41) is 20.6. The molecule has 0 amide bonds. The molecule has 4 bridgehead atoms. The first kappa shape index (κ1) is 12.3. The van der Waals surface area contributed by atoms with Crippen LogP contribution in [0.25, 0.3) is 0 Å². The van der Waals surface area contributed by atoms with Crippen LogP contribution in [0.15, 0.2) is 0 Å². The normalized spacial score (nSPS) is 59.1. The van der Waals surface area contributed by atoms with Gasteiger partial charge in [0.25, 0.3) is 0 Å².